The maximum absolute atomic E-state index is 12.6. The van der Waals surface area contributed by atoms with Crippen LogP contribution in [0.15, 0.2) is 36.5 Å². The van der Waals surface area contributed by atoms with Crippen molar-refractivity contribution in [3.05, 3.63) is 64.7 Å². The number of alkyl halides is 3. The summed E-state index contributed by atoms with van der Waals surface area (Å²) >= 11 is 0. The molecule has 1 saturated heterocycles. The third kappa shape index (κ3) is 5.28. The van der Waals surface area contributed by atoms with Gasteiger partial charge in [-0.2, -0.15) is 23.4 Å². The zero-order valence-electron chi connectivity index (χ0n) is 17.6. The van der Waals surface area contributed by atoms with Crippen LogP contribution in [0, 0.1) is 6.92 Å². The Morgan fingerprint density at radius 2 is 2.00 bits per heavy atom. The van der Waals surface area contributed by atoms with E-state index in [1.807, 2.05) is 18.7 Å². The number of ether oxygens (including phenoxy) is 1. The van der Waals surface area contributed by atoms with Crippen molar-refractivity contribution in [1.29, 1.82) is 0 Å². The van der Waals surface area contributed by atoms with Gasteiger partial charge >= 0.3 is 6.18 Å². The Morgan fingerprint density at radius 3 is 2.68 bits per heavy atom. The number of aromatic amines is 1. The Balaban J connectivity index is 1.25. The highest BCUT2D eigenvalue weighted by Gasteiger charge is 2.30. The van der Waals surface area contributed by atoms with E-state index in [9.17, 15) is 13.2 Å². The van der Waals surface area contributed by atoms with Crippen molar-refractivity contribution in [2.75, 3.05) is 19.7 Å². The predicted octanol–water partition coefficient (Wildman–Crippen LogP) is 4.08. The summed E-state index contributed by atoms with van der Waals surface area (Å²) in [7, 11) is 1.94. The van der Waals surface area contributed by atoms with Crippen molar-refractivity contribution < 1.29 is 17.9 Å². The largest absolute Gasteiger partial charge is 0.493 e. The second-order valence-electron chi connectivity index (χ2n) is 8.07. The van der Waals surface area contributed by atoms with E-state index in [2.05, 4.69) is 32.5 Å². The summed E-state index contributed by atoms with van der Waals surface area (Å²) in [4.78, 5) is 2.43. The van der Waals surface area contributed by atoms with Gasteiger partial charge in [0.1, 0.15) is 5.75 Å². The van der Waals surface area contributed by atoms with Gasteiger partial charge in [-0.05, 0) is 50.2 Å². The van der Waals surface area contributed by atoms with E-state index in [1.54, 1.807) is 0 Å². The smallest absolute Gasteiger partial charge is 0.416 e. The molecule has 0 amide bonds. The quantitative estimate of drug-likeness (QED) is 0.610. The summed E-state index contributed by atoms with van der Waals surface area (Å²) in [5.41, 5.74) is 3.66. The fraction of sp³-hybridized carbons (Fsp3) is 0.455. The van der Waals surface area contributed by atoms with Gasteiger partial charge in [0, 0.05) is 49.9 Å². The lowest BCUT2D eigenvalue weighted by Crippen LogP contribution is -2.20. The molecule has 0 saturated carbocycles. The normalized spacial score (nSPS) is 17.4. The van der Waals surface area contributed by atoms with Gasteiger partial charge in [-0.15, -0.1) is 0 Å². The average Bonchev–Trinajstić information content (AvgIpc) is 3.43. The van der Waals surface area contributed by atoms with E-state index in [4.69, 9.17) is 4.74 Å². The maximum atomic E-state index is 12.6. The number of nitrogens with one attached hydrogen (secondary N) is 1. The second-order valence-corrected chi connectivity index (χ2v) is 8.07. The molecule has 1 fully saturated rings. The third-order valence-corrected chi connectivity index (χ3v) is 5.67. The first-order valence-corrected chi connectivity index (χ1v) is 10.3. The van der Waals surface area contributed by atoms with Gasteiger partial charge in [0.15, 0.2) is 0 Å². The molecule has 0 aliphatic carbocycles. The number of aryl methyl sites for hydroxylation is 2. The van der Waals surface area contributed by atoms with E-state index >= 15 is 0 Å². The highest BCUT2D eigenvalue weighted by Crippen LogP contribution is 2.30. The van der Waals surface area contributed by atoms with Crippen LogP contribution in [0.5, 0.6) is 5.75 Å². The predicted molar refractivity (Wildman–Crippen MR) is 110 cm³/mol. The van der Waals surface area contributed by atoms with Crippen molar-refractivity contribution in [3.8, 4) is 5.75 Å². The molecule has 6 nitrogen and oxygen atoms in total. The molecule has 3 aromatic rings. The summed E-state index contributed by atoms with van der Waals surface area (Å²) in [6.45, 7) is 5.28. The molecule has 4 rings (SSSR count). The van der Waals surface area contributed by atoms with Crippen molar-refractivity contribution in [3.63, 3.8) is 0 Å². The van der Waals surface area contributed by atoms with Gasteiger partial charge < -0.3 is 4.74 Å². The first-order valence-electron chi connectivity index (χ1n) is 10.3. The minimum absolute atomic E-state index is 0.365. The molecule has 0 bridgehead atoms. The zero-order chi connectivity index (χ0) is 22.0. The molecule has 1 aromatic carbocycles. The fourth-order valence-electron chi connectivity index (χ4n) is 4.00. The maximum Gasteiger partial charge on any atom is 0.416 e. The molecule has 0 spiro atoms. The zero-order valence-corrected chi connectivity index (χ0v) is 17.6. The van der Waals surface area contributed by atoms with Crippen LogP contribution < -0.4 is 4.74 Å². The standard InChI is InChI=1S/C22H26F3N5O/c1-15-17(12-29(2)28-15)14-30-9-7-16(13-30)21-11-19(26-27-21)8-10-31-20-5-3-18(4-6-20)22(23,24)25/h3-6,11-12,16H,7-10,13-14H2,1-2H3,(H,26,27)/t16-/m0/s1. The van der Waals surface area contributed by atoms with Crippen LogP contribution in [0.3, 0.4) is 0 Å². The summed E-state index contributed by atoms with van der Waals surface area (Å²) in [6.07, 6.45) is -0.589. The Bertz CT molecular complexity index is 1010. The summed E-state index contributed by atoms with van der Waals surface area (Å²) < 4.78 is 45.3. The minimum Gasteiger partial charge on any atom is -0.493 e. The lowest BCUT2D eigenvalue weighted by atomic mass is 10.0. The molecule has 0 radical (unpaired) electrons. The van der Waals surface area contributed by atoms with Crippen LogP contribution in [-0.2, 0) is 26.2 Å². The molecule has 1 N–H and O–H groups in total. The van der Waals surface area contributed by atoms with E-state index in [-0.39, 0.29) is 0 Å². The minimum atomic E-state index is -4.34. The molecule has 1 aliphatic heterocycles. The van der Waals surface area contributed by atoms with Crippen molar-refractivity contribution in [2.24, 2.45) is 7.05 Å². The SMILES string of the molecule is Cc1nn(C)cc1CN1CC[C@H](c2cc(CCOc3ccc(C(F)(F)F)cc3)[nH]n2)C1. The van der Waals surface area contributed by atoms with Gasteiger partial charge in [-0.1, -0.05) is 0 Å². The molecule has 31 heavy (non-hydrogen) atoms. The molecule has 0 unspecified atom stereocenters. The molecular formula is C22H26F3N5O. The molecule has 1 atom stereocenters. The number of aromatic nitrogens is 4. The molecule has 166 valence electrons. The van der Waals surface area contributed by atoms with Gasteiger partial charge in [-0.25, -0.2) is 0 Å². The second kappa shape index (κ2) is 8.74. The van der Waals surface area contributed by atoms with Crippen molar-refractivity contribution in [1.82, 2.24) is 24.9 Å². The number of halogens is 3. The van der Waals surface area contributed by atoms with E-state index in [0.29, 0.717) is 24.7 Å². The lowest BCUT2D eigenvalue weighted by Gasteiger charge is -2.14. The Hall–Kier alpha value is -2.81. The molecular weight excluding hydrogens is 407 g/mol. The number of rotatable bonds is 7. The van der Waals surface area contributed by atoms with Crippen LogP contribution in [0.1, 0.15) is 40.5 Å². The third-order valence-electron chi connectivity index (χ3n) is 5.67. The van der Waals surface area contributed by atoms with Gasteiger partial charge in [0.25, 0.3) is 0 Å². The van der Waals surface area contributed by atoms with Gasteiger partial charge in [0.05, 0.1) is 23.6 Å². The van der Waals surface area contributed by atoms with Crippen LogP contribution in [-0.4, -0.2) is 44.6 Å². The highest BCUT2D eigenvalue weighted by molar-refractivity contribution is 5.29. The van der Waals surface area contributed by atoms with Crippen molar-refractivity contribution >= 4 is 0 Å². The first kappa shape index (κ1) is 21.4. The van der Waals surface area contributed by atoms with Crippen LogP contribution in [0.2, 0.25) is 0 Å². The highest BCUT2D eigenvalue weighted by atomic mass is 19.4. The average molecular weight is 433 g/mol. The monoisotopic (exact) mass is 433 g/mol. The van der Waals surface area contributed by atoms with Gasteiger partial charge in [-0.3, -0.25) is 14.7 Å². The summed E-state index contributed by atoms with van der Waals surface area (Å²) in [5.74, 6) is 0.808. The summed E-state index contributed by atoms with van der Waals surface area (Å²) in [5, 5.41) is 12.0. The van der Waals surface area contributed by atoms with E-state index in [1.165, 1.54) is 17.7 Å². The van der Waals surface area contributed by atoms with Crippen molar-refractivity contribution in [2.45, 2.75) is 38.4 Å². The molecule has 1 aliphatic rings. The molecule has 9 heteroatoms. The number of likely N-dealkylation sites (tertiary alicyclic amines) is 1. The van der Waals surface area contributed by atoms with Crippen LogP contribution >= 0.6 is 0 Å². The lowest BCUT2D eigenvalue weighted by molar-refractivity contribution is -0.137. The fourth-order valence-corrected chi connectivity index (χ4v) is 4.00. The molecule has 2 aromatic heterocycles. The first-order chi connectivity index (χ1) is 14.8. The Morgan fingerprint density at radius 1 is 1.23 bits per heavy atom. The number of benzene rings is 1. The molecule has 3 heterocycles. The summed E-state index contributed by atoms with van der Waals surface area (Å²) in [6, 6.07) is 6.82. The topological polar surface area (TPSA) is 59.0 Å². The number of hydrogen-bond acceptors (Lipinski definition) is 4. The number of nitrogens with zero attached hydrogens (tertiary/aromatic N) is 4. The van der Waals surface area contributed by atoms with Crippen LogP contribution in [0.25, 0.3) is 0 Å². The van der Waals surface area contributed by atoms with E-state index in [0.717, 1.165) is 55.3 Å². The number of hydrogen-bond donors (Lipinski definition) is 1. The number of H-pyrrole nitrogens is 1. The van der Waals surface area contributed by atoms with E-state index < -0.39 is 11.7 Å². The van der Waals surface area contributed by atoms with Gasteiger partial charge in [0.2, 0.25) is 0 Å². The van der Waals surface area contributed by atoms with Crippen LogP contribution in [0.4, 0.5) is 13.2 Å². The Labute approximate surface area is 179 Å². The Kier molecular flexibility index (Phi) is 6.04.